The molecule has 10 nitrogen and oxygen atoms in total. The number of alkyl halides is 3. The van der Waals surface area contributed by atoms with Crippen molar-refractivity contribution in [1.29, 1.82) is 0 Å². The van der Waals surface area contributed by atoms with Gasteiger partial charge in [0.2, 0.25) is 5.91 Å². The van der Waals surface area contributed by atoms with Gasteiger partial charge in [-0.25, -0.2) is 9.48 Å². The van der Waals surface area contributed by atoms with Crippen LogP contribution in [-0.2, 0) is 10.2 Å². The molecule has 1 fully saturated rings. The van der Waals surface area contributed by atoms with Crippen LogP contribution in [0.5, 0.6) is 0 Å². The van der Waals surface area contributed by atoms with Crippen LogP contribution in [-0.4, -0.2) is 50.4 Å². The first-order valence-corrected chi connectivity index (χ1v) is 11.7. The summed E-state index contributed by atoms with van der Waals surface area (Å²) in [5.41, 5.74) is 1.24. The fourth-order valence-corrected chi connectivity index (χ4v) is 4.30. The molecule has 1 saturated carbocycles. The van der Waals surface area contributed by atoms with Crippen LogP contribution in [0.1, 0.15) is 43.9 Å². The highest BCUT2D eigenvalue weighted by Crippen LogP contribution is 2.41. The van der Waals surface area contributed by atoms with Gasteiger partial charge in [-0.2, -0.15) is 18.3 Å². The normalized spacial score (nSPS) is 16.6. The molecule has 38 heavy (non-hydrogen) atoms. The zero-order chi connectivity index (χ0) is 27.8. The number of H-pyrrole nitrogens is 2. The van der Waals surface area contributed by atoms with Gasteiger partial charge in [-0.05, 0) is 50.8 Å². The van der Waals surface area contributed by atoms with Crippen LogP contribution in [0.3, 0.4) is 0 Å². The van der Waals surface area contributed by atoms with Gasteiger partial charge in [0.05, 0.1) is 28.1 Å². The highest BCUT2D eigenvalue weighted by Gasteiger charge is 2.48. The van der Waals surface area contributed by atoms with Crippen LogP contribution in [0.25, 0.3) is 17.5 Å². The summed E-state index contributed by atoms with van der Waals surface area (Å²) in [6.07, 6.45) is 2.19. The SMILES string of the molecule is C=Cn1nc(-c2c[nH]c(=O)[nH]c2=O)cc(C2CC2)c1=NC.CC1(C)C(=O)N(CC(F)(F)F)c2cccnc21. The lowest BCUT2D eigenvalue weighted by Gasteiger charge is -2.21. The molecule has 0 atom stereocenters. The lowest BCUT2D eigenvalue weighted by molar-refractivity contribution is -0.134. The summed E-state index contributed by atoms with van der Waals surface area (Å²) >= 11 is 0. The second-order valence-corrected chi connectivity index (χ2v) is 9.42. The van der Waals surface area contributed by atoms with Crippen molar-refractivity contribution in [1.82, 2.24) is 24.7 Å². The zero-order valence-corrected chi connectivity index (χ0v) is 21.0. The molecule has 2 aliphatic rings. The predicted octanol–water partition coefficient (Wildman–Crippen LogP) is 2.70. The first-order chi connectivity index (χ1) is 17.9. The Hall–Kier alpha value is -4.29. The summed E-state index contributed by atoms with van der Waals surface area (Å²) < 4.78 is 38.8. The Morgan fingerprint density at radius 3 is 2.55 bits per heavy atom. The second kappa shape index (κ2) is 9.88. The van der Waals surface area contributed by atoms with E-state index in [2.05, 4.69) is 31.6 Å². The number of hydrogen-bond donors (Lipinski definition) is 2. The van der Waals surface area contributed by atoms with E-state index in [0.717, 1.165) is 28.8 Å². The maximum Gasteiger partial charge on any atom is 0.406 e. The molecule has 2 N–H and O–H groups in total. The van der Waals surface area contributed by atoms with Gasteiger partial charge in [-0.1, -0.05) is 6.58 Å². The molecule has 0 saturated heterocycles. The maximum atomic E-state index is 12.4. The second-order valence-electron chi connectivity index (χ2n) is 9.42. The van der Waals surface area contributed by atoms with Gasteiger partial charge in [-0.3, -0.25) is 24.5 Å². The summed E-state index contributed by atoms with van der Waals surface area (Å²) in [6, 6.07) is 4.88. The molecule has 0 radical (unpaired) electrons. The molecule has 3 aromatic heterocycles. The third-order valence-electron chi connectivity index (χ3n) is 6.27. The number of anilines is 1. The summed E-state index contributed by atoms with van der Waals surface area (Å²) in [6.45, 7) is 5.62. The van der Waals surface area contributed by atoms with Crippen molar-refractivity contribution in [2.45, 2.75) is 44.2 Å². The lowest BCUT2D eigenvalue weighted by atomic mass is 9.90. The van der Waals surface area contributed by atoms with Crippen LogP contribution >= 0.6 is 0 Å². The number of amides is 1. The molecule has 13 heteroatoms. The molecule has 4 heterocycles. The smallest absolute Gasteiger partial charge is 0.313 e. The number of hydrogen-bond acceptors (Lipinski definition) is 6. The molecule has 0 unspecified atom stereocenters. The van der Waals surface area contributed by atoms with Gasteiger partial charge in [0, 0.05) is 31.2 Å². The number of rotatable bonds is 4. The van der Waals surface area contributed by atoms with Gasteiger partial charge in [-0.15, -0.1) is 0 Å². The zero-order valence-electron chi connectivity index (χ0n) is 21.0. The monoisotopic (exact) mass is 529 g/mol. The summed E-state index contributed by atoms with van der Waals surface area (Å²) in [5.74, 6) is -0.123. The van der Waals surface area contributed by atoms with E-state index in [0.29, 0.717) is 22.9 Å². The van der Waals surface area contributed by atoms with E-state index in [1.54, 1.807) is 31.8 Å². The van der Waals surface area contributed by atoms with Crippen molar-refractivity contribution in [3.63, 3.8) is 0 Å². The Balaban J connectivity index is 0.000000181. The van der Waals surface area contributed by atoms with Crippen LogP contribution in [0, 0.1) is 0 Å². The fourth-order valence-electron chi connectivity index (χ4n) is 4.30. The average molecular weight is 530 g/mol. The van der Waals surface area contributed by atoms with Gasteiger partial charge >= 0.3 is 11.9 Å². The molecule has 0 aromatic carbocycles. The number of fused-ring (bicyclic) bond motifs is 1. The Kier molecular flexibility index (Phi) is 6.96. The molecular formula is C25H26F3N7O3. The number of carbonyl (C=O) groups is 1. The van der Waals surface area contributed by atoms with Crippen molar-refractivity contribution in [3.8, 4) is 11.3 Å². The van der Waals surface area contributed by atoms with Gasteiger partial charge in [0.15, 0.2) is 5.49 Å². The Morgan fingerprint density at radius 2 is 1.97 bits per heavy atom. The first kappa shape index (κ1) is 26.8. The number of aromatic amines is 2. The fraction of sp³-hybridized carbons (Fsp3) is 0.360. The van der Waals surface area contributed by atoms with E-state index in [-0.39, 0.29) is 5.69 Å². The molecular weight excluding hydrogens is 503 g/mol. The highest BCUT2D eigenvalue weighted by molar-refractivity contribution is 6.06. The van der Waals surface area contributed by atoms with Crippen molar-refractivity contribution >= 4 is 17.8 Å². The van der Waals surface area contributed by atoms with Gasteiger partial charge < -0.3 is 9.88 Å². The standard InChI is InChI=1S/C14H15N5O2.C11H11F3N2O/c1-3-19-12(15-2)9(8-4-5-8)6-11(18-19)10-7-16-14(21)17-13(10)20;1-10(2)8-7(4-3-5-15-8)16(9(10)17)6-11(12,13)14/h3,6-8H,1,4-5H2,2H3,(H2,16,17,20,21);3-5H,6H2,1-2H3. The maximum absolute atomic E-state index is 12.4. The van der Waals surface area contributed by atoms with Crippen LogP contribution in [0.4, 0.5) is 18.9 Å². The number of carbonyl (C=O) groups excluding carboxylic acids is 1. The average Bonchev–Trinajstić information content (AvgIpc) is 3.69. The third-order valence-corrected chi connectivity index (χ3v) is 6.27. The number of nitrogens with zero attached hydrogens (tertiary/aromatic N) is 5. The Bertz CT molecular complexity index is 1580. The molecule has 3 aromatic rings. The van der Waals surface area contributed by atoms with E-state index in [4.69, 9.17) is 0 Å². The number of aromatic nitrogens is 5. The van der Waals surface area contributed by atoms with E-state index >= 15 is 0 Å². The van der Waals surface area contributed by atoms with Gasteiger partial charge in [0.25, 0.3) is 5.56 Å². The quantitative estimate of drug-likeness (QED) is 0.537. The minimum Gasteiger partial charge on any atom is -0.313 e. The number of pyridine rings is 1. The summed E-state index contributed by atoms with van der Waals surface area (Å²) in [4.78, 5) is 48.7. The topological polar surface area (TPSA) is 129 Å². The first-order valence-electron chi connectivity index (χ1n) is 11.7. The van der Waals surface area contributed by atoms with E-state index in [1.165, 1.54) is 24.5 Å². The highest BCUT2D eigenvalue weighted by atomic mass is 19.4. The number of halogens is 3. The van der Waals surface area contributed by atoms with Crippen LogP contribution < -0.4 is 21.6 Å². The van der Waals surface area contributed by atoms with E-state index in [9.17, 15) is 27.6 Å². The molecule has 1 amide bonds. The predicted molar refractivity (Wildman–Crippen MR) is 134 cm³/mol. The molecule has 0 bridgehead atoms. The minimum absolute atomic E-state index is 0.250. The van der Waals surface area contributed by atoms with E-state index in [1.807, 2.05) is 6.07 Å². The molecule has 5 rings (SSSR count). The number of nitrogens with one attached hydrogen (secondary N) is 2. The molecule has 1 aliphatic heterocycles. The van der Waals surface area contributed by atoms with E-state index < -0.39 is 35.3 Å². The van der Waals surface area contributed by atoms with Crippen LogP contribution in [0.2, 0.25) is 0 Å². The molecule has 1 aliphatic carbocycles. The Morgan fingerprint density at radius 1 is 1.26 bits per heavy atom. The third kappa shape index (κ3) is 5.22. The van der Waals surface area contributed by atoms with Gasteiger partial charge in [0.1, 0.15) is 6.54 Å². The van der Waals surface area contributed by atoms with Crippen molar-refractivity contribution < 1.29 is 18.0 Å². The molecule has 0 spiro atoms. The van der Waals surface area contributed by atoms with Crippen LogP contribution in [0.15, 0.2) is 51.8 Å². The molecule has 200 valence electrons. The van der Waals surface area contributed by atoms with Crippen molar-refractivity contribution in [3.05, 3.63) is 74.8 Å². The largest absolute Gasteiger partial charge is 0.406 e. The van der Waals surface area contributed by atoms with Crippen molar-refractivity contribution in [2.24, 2.45) is 4.99 Å². The van der Waals surface area contributed by atoms with Crippen molar-refractivity contribution in [2.75, 3.05) is 18.5 Å². The lowest BCUT2D eigenvalue weighted by Crippen LogP contribution is -2.41. The summed E-state index contributed by atoms with van der Waals surface area (Å²) in [7, 11) is 1.70. The Labute approximate surface area is 214 Å². The minimum atomic E-state index is -4.41. The summed E-state index contributed by atoms with van der Waals surface area (Å²) in [5, 5.41) is 4.36.